The number of fused-ring (bicyclic) bond motifs is 1. The number of para-hydroxylation sites is 1. The van der Waals surface area contributed by atoms with Crippen LogP contribution in [0.25, 0.3) is 11.0 Å². The van der Waals surface area contributed by atoms with Crippen LogP contribution in [-0.2, 0) is 19.1 Å². The Kier molecular flexibility index (Phi) is 3.77. The van der Waals surface area contributed by atoms with Gasteiger partial charge >= 0.3 is 11.9 Å². The highest BCUT2D eigenvalue weighted by molar-refractivity contribution is 6.21. The quantitative estimate of drug-likeness (QED) is 0.862. The van der Waals surface area contributed by atoms with Crippen molar-refractivity contribution in [2.75, 3.05) is 20.8 Å². The number of carbonyl (C=O) groups is 2. The highest BCUT2D eigenvalue weighted by Crippen LogP contribution is 2.37. The first kappa shape index (κ1) is 15.1. The molecule has 0 aliphatic carbocycles. The lowest BCUT2D eigenvalue weighted by Crippen LogP contribution is -2.34. The summed E-state index contributed by atoms with van der Waals surface area (Å²) in [6.45, 7) is 0.0840. The van der Waals surface area contributed by atoms with Crippen LogP contribution in [0.15, 0.2) is 33.7 Å². The third kappa shape index (κ3) is 2.34. The van der Waals surface area contributed by atoms with Gasteiger partial charge in [0.05, 0.1) is 38.0 Å². The Balaban J connectivity index is 2.12. The third-order valence-electron chi connectivity index (χ3n) is 3.95. The van der Waals surface area contributed by atoms with Crippen molar-refractivity contribution in [3.8, 4) is 5.95 Å². The fourth-order valence-electron chi connectivity index (χ4n) is 2.87. The molecule has 0 radical (unpaired) electrons. The second kappa shape index (κ2) is 5.75. The molecule has 2 aromatic rings. The topological polar surface area (TPSA) is 98.3 Å². The fourth-order valence-corrected chi connectivity index (χ4v) is 2.87. The molecule has 1 N–H and O–H groups in total. The van der Waals surface area contributed by atoms with E-state index in [1.165, 1.54) is 14.2 Å². The lowest BCUT2D eigenvalue weighted by Gasteiger charge is -2.16. The molecular formula is C16H15NO6. The minimum atomic E-state index is -0.945. The molecule has 0 saturated heterocycles. The van der Waals surface area contributed by atoms with E-state index in [0.717, 1.165) is 0 Å². The van der Waals surface area contributed by atoms with E-state index in [2.05, 4.69) is 4.99 Å². The average Bonchev–Trinajstić information content (AvgIpc) is 3.13. The number of hydrogen-bond acceptors (Lipinski definition) is 7. The predicted molar refractivity (Wildman–Crippen MR) is 80.3 cm³/mol. The van der Waals surface area contributed by atoms with E-state index in [1.807, 2.05) is 0 Å². The van der Waals surface area contributed by atoms with E-state index in [0.29, 0.717) is 16.5 Å². The SMILES string of the molecule is COC(=O)[C@@H]1C(c2c(O)oc3ccccc23)=NC[C@@H]1C(=O)OC. The highest BCUT2D eigenvalue weighted by Gasteiger charge is 2.45. The maximum Gasteiger partial charge on any atom is 0.315 e. The summed E-state index contributed by atoms with van der Waals surface area (Å²) in [5.74, 6) is -3.23. The Bertz CT molecular complexity index is 806. The molecular weight excluding hydrogens is 302 g/mol. The Morgan fingerprint density at radius 3 is 2.61 bits per heavy atom. The molecule has 2 atom stereocenters. The van der Waals surface area contributed by atoms with E-state index >= 15 is 0 Å². The van der Waals surface area contributed by atoms with Crippen molar-refractivity contribution < 1.29 is 28.6 Å². The zero-order valence-corrected chi connectivity index (χ0v) is 12.6. The van der Waals surface area contributed by atoms with Crippen molar-refractivity contribution in [3.05, 3.63) is 29.8 Å². The van der Waals surface area contributed by atoms with Gasteiger partial charge in [-0.25, -0.2) is 0 Å². The highest BCUT2D eigenvalue weighted by atomic mass is 16.5. The Morgan fingerprint density at radius 2 is 1.91 bits per heavy atom. The minimum absolute atomic E-state index is 0.0840. The summed E-state index contributed by atoms with van der Waals surface area (Å²) >= 11 is 0. The number of methoxy groups -OCH3 is 2. The van der Waals surface area contributed by atoms with Gasteiger partial charge < -0.3 is 19.0 Å². The van der Waals surface area contributed by atoms with Crippen molar-refractivity contribution in [3.63, 3.8) is 0 Å². The van der Waals surface area contributed by atoms with Gasteiger partial charge in [-0.1, -0.05) is 18.2 Å². The standard InChI is InChI=1S/C16H15NO6/c1-21-14(18)9-7-17-13(12(9)15(19)22-2)11-8-5-3-4-6-10(8)23-16(11)20/h3-6,9,12,20H,7H2,1-2H3/t9-,12-/m0/s1. The van der Waals surface area contributed by atoms with E-state index in [1.54, 1.807) is 24.3 Å². The largest absolute Gasteiger partial charge is 0.480 e. The summed E-state index contributed by atoms with van der Waals surface area (Å²) in [6, 6.07) is 6.98. The zero-order valence-electron chi connectivity index (χ0n) is 12.6. The smallest absolute Gasteiger partial charge is 0.315 e. The number of aliphatic imine (C=N–C) groups is 1. The first-order valence-corrected chi connectivity index (χ1v) is 6.99. The molecule has 1 aromatic carbocycles. The summed E-state index contributed by atoms with van der Waals surface area (Å²) in [5, 5.41) is 10.7. The number of hydrogen-bond donors (Lipinski definition) is 1. The summed E-state index contributed by atoms with van der Waals surface area (Å²) in [7, 11) is 2.49. The van der Waals surface area contributed by atoms with E-state index < -0.39 is 23.8 Å². The normalized spacial score (nSPS) is 20.3. The molecule has 1 aromatic heterocycles. The Hall–Kier alpha value is -2.83. The number of carbonyl (C=O) groups excluding carboxylic acids is 2. The number of esters is 2. The lowest BCUT2D eigenvalue weighted by molar-refractivity contribution is -0.153. The first-order valence-electron chi connectivity index (χ1n) is 6.99. The Morgan fingerprint density at radius 1 is 1.22 bits per heavy atom. The predicted octanol–water partition coefficient (Wildman–Crippen LogP) is 1.52. The maximum absolute atomic E-state index is 12.2. The van der Waals surface area contributed by atoms with Crippen molar-refractivity contribution in [1.29, 1.82) is 0 Å². The van der Waals surface area contributed by atoms with Gasteiger partial charge in [-0.05, 0) is 6.07 Å². The van der Waals surface area contributed by atoms with Crippen LogP contribution in [-0.4, -0.2) is 43.5 Å². The molecule has 23 heavy (non-hydrogen) atoms. The number of aromatic hydroxyl groups is 1. The fraction of sp³-hybridized carbons (Fsp3) is 0.312. The molecule has 7 nitrogen and oxygen atoms in total. The van der Waals surface area contributed by atoms with Crippen LogP contribution < -0.4 is 0 Å². The summed E-state index contributed by atoms with van der Waals surface area (Å²) in [4.78, 5) is 28.4. The second-order valence-corrected chi connectivity index (χ2v) is 5.13. The van der Waals surface area contributed by atoms with Gasteiger partial charge in [-0.15, -0.1) is 0 Å². The van der Waals surface area contributed by atoms with Crippen LogP contribution in [0.1, 0.15) is 5.56 Å². The monoisotopic (exact) mass is 317 g/mol. The molecule has 2 heterocycles. The second-order valence-electron chi connectivity index (χ2n) is 5.13. The van der Waals surface area contributed by atoms with Crippen LogP contribution in [0.2, 0.25) is 0 Å². The van der Waals surface area contributed by atoms with E-state index in [4.69, 9.17) is 13.9 Å². The van der Waals surface area contributed by atoms with Crippen LogP contribution in [0, 0.1) is 11.8 Å². The van der Waals surface area contributed by atoms with Gasteiger partial charge in [0.15, 0.2) is 0 Å². The Labute approximate surface area is 131 Å². The van der Waals surface area contributed by atoms with Gasteiger partial charge in [0.2, 0.25) is 0 Å². The van der Waals surface area contributed by atoms with Crippen molar-refractivity contribution in [1.82, 2.24) is 0 Å². The average molecular weight is 317 g/mol. The zero-order chi connectivity index (χ0) is 16.6. The van der Waals surface area contributed by atoms with Gasteiger partial charge in [0.25, 0.3) is 5.95 Å². The van der Waals surface area contributed by atoms with E-state index in [-0.39, 0.29) is 18.2 Å². The number of benzene rings is 1. The van der Waals surface area contributed by atoms with Crippen LogP contribution in [0.4, 0.5) is 0 Å². The minimum Gasteiger partial charge on any atom is -0.480 e. The number of furan rings is 1. The molecule has 7 heteroatoms. The molecule has 0 bridgehead atoms. The molecule has 3 rings (SSSR count). The first-order chi connectivity index (χ1) is 11.1. The van der Waals surface area contributed by atoms with Gasteiger partial charge in [0, 0.05) is 5.39 Å². The number of rotatable bonds is 3. The van der Waals surface area contributed by atoms with Crippen molar-refractivity contribution >= 4 is 28.6 Å². The molecule has 1 aliphatic rings. The van der Waals surface area contributed by atoms with Gasteiger partial charge in [-0.3, -0.25) is 14.6 Å². The lowest BCUT2D eigenvalue weighted by atomic mass is 9.87. The molecule has 0 amide bonds. The molecule has 120 valence electrons. The van der Waals surface area contributed by atoms with Crippen LogP contribution in [0.5, 0.6) is 5.95 Å². The molecule has 0 spiro atoms. The van der Waals surface area contributed by atoms with Gasteiger partial charge in [0.1, 0.15) is 11.5 Å². The molecule has 0 unspecified atom stereocenters. The summed E-state index contributed by atoms with van der Waals surface area (Å²) < 4.78 is 14.8. The van der Waals surface area contributed by atoms with Crippen LogP contribution in [0.3, 0.4) is 0 Å². The van der Waals surface area contributed by atoms with Crippen LogP contribution >= 0.6 is 0 Å². The molecule has 0 fully saturated rings. The summed E-state index contributed by atoms with van der Waals surface area (Å²) in [5.41, 5.74) is 1.05. The molecule has 1 aliphatic heterocycles. The number of ether oxygens (including phenoxy) is 2. The van der Waals surface area contributed by atoms with Gasteiger partial charge in [-0.2, -0.15) is 0 Å². The summed E-state index contributed by atoms with van der Waals surface area (Å²) in [6.07, 6.45) is 0. The molecule has 0 saturated carbocycles. The van der Waals surface area contributed by atoms with E-state index in [9.17, 15) is 14.7 Å². The number of nitrogens with zero attached hydrogens (tertiary/aromatic N) is 1. The van der Waals surface area contributed by atoms with Crippen molar-refractivity contribution in [2.45, 2.75) is 0 Å². The third-order valence-corrected chi connectivity index (χ3v) is 3.95. The maximum atomic E-state index is 12.2. The van der Waals surface area contributed by atoms with Crippen molar-refractivity contribution in [2.24, 2.45) is 16.8 Å².